The zero-order valence-electron chi connectivity index (χ0n) is 16.2. The molecule has 0 aliphatic carbocycles. The molecular formula is C20H20ClF2N5O2. The normalized spacial score (nSPS) is 10.8. The number of aliphatic hydroxyl groups is 1. The Hall–Kier alpha value is -3.46. The minimum atomic E-state index is -3.14. The minimum Gasteiger partial charge on any atom is -0.507 e. The van der Waals surface area contributed by atoms with Gasteiger partial charge in [-0.1, -0.05) is 18.2 Å². The van der Waals surface area contributed by atoms with Gasteiger partial charge in [0.1, 0.15) is 0 Å². The van der Waals surface area contributed by atoms with Gasteiger partial charge in [0, 0.05) is 35.9 Å². The molecule has 2 heterocycles. The Balaban J connectivity index is 0.000000396. The SMILES string of the molecule is C=C(O)C(C)(F)F.Cc1cn(-c2ccnc3cc(Cl)ccc23)cc1C(=O)N=C(N)N. The van der Waals surface area contributed by atoms with Crippen molar-refractivity contribution in [3.63, 3.8) is 0 Å². The van der Waals surface area contributed by atoms with Gasteiger partial charge in [-0.05, 0) is 36.8 Å². The molecule has 0 aliphatic heterocycles. The fraction of sp³-hybridized carbons (Fsp3) is 0.150. The van der Waals surface area contributed by atoms with Crippen LogP contribution >= 0.6 is 11.6 Å². The van der Waals surface area contributed by atoms with E-state index in [-0.39, 0.29) is 5.96 Å². The van der Waals surface area contributed by atoms with Gasteiger partial charge < -0.3 is 21.1 Å². The number of aromatic nitrogens is 2. The number of aliphatic imine (C=N–C) groups is 1. The van der Waals surface area contributed by atoms with Crippen molar-refractivity contribution in [1.29, 1.82) is 0 Å². The number of pyridine rings is 1. The summed E-state index contributed by atoms with van der Waals surface area (Å²) in [7, 11) is 0. The number of carbonyl (C=O) groups excluding carboxylic acids is 1. The molecule has 5 N–H and O–H groups in total. The van der Waals surface area contributed by atoms with Crippen LogP contribution in [0.1, 0.15) is 22.8 Å². The van der Waals surface area contributed by atoms with Crippen molar-refractivity contribution in [2.24, 2.45) is 16.5 Å². The number of guanidine groups is 1. The lowest BCUT2D eigenvalue weighted by molar-refractivity contribution is 0.0197. The van der Waals surface area contributed by atoms with Gasteiger partial charge in [-0.25, -0.2) is 0 Å². The highest BCUT2D eigenvalue weighted by atomic mass is 35.5. The lowest BCUT2D eigenvalue weighted by Crippen LogP contribution is -2.24. The average molecular weight is 436 g/mol. The van der Waals surface area contributed by atoms with Crippen molar-refractivity contribution in [2.45, 2.75) is 19.8 Å². The first-order chi connectivity index (χ1) is 13.9. The molecule has 1 amide bonds. The summed E-state index contributed by atoms with van der Waals surface area (Å²) in [6, 6.07) is 7.36. The van der Waals surface area contributed by atoms with Crippen LogP contribution in [0.4, 0.5) is 8.78 Å². The number of hydrogen-bond donors (Lipinski definition) is 3. The molecule has 3 rings (SSSR count). The quantitative estimate of drug-likeness (QED) is 0.325. The van der Waals surface area contributed by atoms with E-state index in [1.54, 1.807) is 24.5 Å². The Morgan fingerprint density at radius 3 is 2.50 bits per heavy atom. The molecule has 2 aromatic heterocycles. The van der Waals surface area contributed by atoms with E-state index >= 15 is 0 Å². The van der Waals surface area contributed by atoms with Crippen LogP contribution in [0.25, 0.3) is 16.6 Å². The highest BCUT2D eigenvalue weighted by Gasteiger charge is 2.24. The summed E-state index contributed by atoms with van der Waals surface area (Å²) >= 11 is 6.01. The Morgan fingerprint density at radius 2 is 1.93 bits per heavy atom. The van der Waals surface area contributed by atoms with Crippen LogP contribution in [0, 0.1) is 6.92 Å². The van der Waals surface area contributed by atoms with E-state index in [1.165, 1.54) is 0 Å². The van der Waals surface area contributed by atoms with Crippen LogP contribution in [0.15, 0.2) is 60.2 Å². The molecule has 158 valence electrons. The summed E-state index contributed by atoms with van der Waals surface area (Å²) < 4.78 is 24.8. The minimum absolute atomic E-state index is 0.258. The van der Waals surface area contributed by atoms with E-state index in [9.17, 15) is 13.6 Å². The van der Waals surface area contributed by atoms with Crippen molar-refractivity contribution in [2.75, 3.05) is 0 Å². The molecule has 0 fully saturated rings. The summed E-state index contributed by atoms with van der Waals surface area (Å²) in [5.41, 5.74) is 13.4. The number of aliphatic hydroxyl groups excluding tert-OH is 1. The number of halogens is 3. The van der Waals surface area contributed by atoms with Crippen molar-refractivity contribution >= 4 is 34.4 Å². The fourth-order valence-electron chi connectivity index (χ4n) is 2.43. The predicted octanol–water partition coefficient (Wildman–Crippen LogP) is 4.11. The first kappa shape index (κ1) is 22.8. The van der Waals surface area contributed by atoms with Crippen molar-refractivity contribution in [3.8, 4) is 5.69 Å². The molecule has 10 heteroatoms. The number of allylic oxidation sites excluding steroid dienone is 1. The highest BCUT2D eigenvalue weighted by Crippen LogP contribution is 2.25. The molecule has 0 bridgehead atoms. The molecule has 0 atom stereocenters. The molecule has 3 aromatic rings. The van der Waals surface area contributed by atoms with Crippen LogP contribution in [0.3, 0.4) is 0 Å². The summed E-state index contributed by atoms with van der Waals surface area (Å²) in [6.45, 7) is 5.04. The number of amides is 1. The lowest BCUT2D eigenvalue weighted by atomic mass is 10.2. The van der Waals surface area contributed by atoms with Gasteiger partial charge in [0.15, 0.2) is 11.7 Å². The third-order valence-electron chi connectivity index (χ3n) is 3.95. The maximum Gasteiger partial charge on any atom is 0.300 e. The molecule has 0 aliphatic rings. The summed E-state index contributed by atoms with van der Waals surface area (Å²) in [4.78, 5) is 19.9. The van der Waals surface area contributed by atoms with Gasteiger partial charge in [-0.2, -0.15) is 13.8 Å². The van der Waals surface area contributed by atoms with E-state index in [0.29, 0.717) is 17.5 Å². The number of fused-ring (bicyclic) bond motifs is 1. The summed E-state index contributed by atoms with van der Waals surface area (Å²) in [5.74, 6) is -4.96. The number of alkyl halides is 2. The molecule has 0 saturated heterocycles. The van der Waals surface area contributed by atoms with Gasteiger partial charge in [0.05, 0.1) is 16.8 Å². The first-order valence-corrected chi connectivity index (χ1v) is 8.91. The number of benzene rings is 1. The third-order valence-corrected chi connectivity index (χ3v) is 4.19. The van der Waals surface area contributed by atoms with Crippen LogP contribution < -0.4 is 11.5 Å². The predicted molar refractivity (Wildman–Crippen MR) is 113 cm³/mol. The van der Waals surface area contributed by atoms with Crippen LogP contribution in [-0.4, -0.2) is 32.4 Å². The third kappa shape index (κ3) is 5.54. The fourth-order valence-corrected chi connectivity index (χ4v) is 2.59. The van der Waals surface area contributed by atoms with Crippen molar-refractivity contribution < 1.29 is 18.7 Å². The zero-order valence-corrected chi connectivity index (χ0v) is 17.0. The van der Waals surface area contributed by atoms with E-state index in [1.807, 2.05) is 29.8 Å². The second kappa shape index (κ2) is 8.91. The molecular weight excluding hydrogens is 416 g/mol. The average Bonchev–Trinajstić information content (AvgIpc) is 3.01. The van der Waals surface area contributed by atoms with E-state index in [2.05, 4.69) is 16.6 Å². The van der Waals surface area contributed by atoms with Crippen LogP contribution in [0.5, 0.6) is 0 Å². The summed E-state index contributed by atoms with van der Waals surface area (Å²) in [6.07, 6.45) is 5.24. The van der Waals surface area contributed by atoms with Gasteiger partial charge in [0.25, 0.3) is 11.8 Å². The van der Waals surface area contributed by atoms with E-state index in [0.717, 1.165) is 22.2 Å². The van der Waals surface area contributed by atoms with Gasteiger partial charge in [-0.3, -0.25) is 9.78 Å². The van der Waals surface area contributed by atoms with Crippen molar-refractivity contribution in [1.82, 2.24) is 9.55 Å². The van der Waals surface area contributed by atoms with Crippen LogP contribution in [0.2, 0.25) is 5.02 Å². The first-order valence-electron chi connectivity index (χ1n) is 8.53. The smallest absolute Gasteiger partial charge is 0.300 e. The monoisotopic (exact) mass is 435 g/mol. The number of carbonyl (C=O) groups is 1. The van der Waals surface area contributed by atoms with Gasteiger partial charge in [0.2, 0.25) is 0 Å². The number of hydrogen-bond acceptors (Lipinski definition) is 3. The van der Waals surface area contributed by atoms with Crippen LogP contribution in [-0.2, 0) is 0 Å². The largest absolute Gasteiger partial charge is 0.507 e. The lowest BCUT2D eigenvalue weighted by Gasteiger charge is -2.07. The second-order valence-corrected chi connectivity index (χ2v) is 6.87. The van der Waals surface area contributed by atoms with Gasteiger partial charge >= 0.3 is 0 Å². The number of nitrogens with two attached hydrogens (primary N) is 2. The highest BCUT2D eigenvalue weighted by molar-refractivity contribution is 6.31. The molecule has 0 unspecified atom stereocenters. The topological polar surface area (TPSA) is 120 Å². The summed E-state index contributed by atoms with van der Waals surface area (Å²) in [5, 5.41) is 9.49. The van der Waals surface area contributed by atoms with Crippen molar-refractivity contribution in [3.05, 3.63) is 71.3 Å². The maximum absolute atomic E-state index is 12.0. The molecule has 0 spiro atoms. The maximum atomic E-state index is 12.0. The molecule has 1 aromatic carbocycles. The van der Waals surface area contributed by atoms with E-state index in [4.69, 9.17) is 28.2 Å². The second-order valence-electron chi connectivity index (χ2n) is 6.43. The Bertz CT molecular complexity index is 1130. The standard InChI is InChI=1S/C16H14ClN5O.C4H6F2O/c1-9-7-22(8-12(9)15(23)21-16(18)19)14-4-5-20-13-6-10(17)2-3-11(13)14;1-3(7)4(2,5)6/h2-8H,1H3,(H4,18,19,21,23);7H,1H2,2H3. The molecule has 7 nitrogen and oxygen atoms in total. The Kier molecular flexibility index (Phi) is 6.78. The number of nitrogens with zero attached hydrogens (tertiary/aromatic N) is 3. The molecule has 0 radical (unpaired) electrons. The number of aryl methyl sites for hydroxylation is 1. The zero-order chi connectivity index (χ0) is 22.6. The van der Waals surface area contributed by atoms with Gasteiger partial charge in [-0.15, -0.1) is 0 Å². The Morgan fingerprint density at radius 1 is 1.30 bits per heavy atom. The molecule has 30 heavy (non-hydrogen) atoms. The number of rotatable bonds is 3. The molecule has 0 saturated carbocycles. The Labute approximate surface area is 176 Å². The van der Waals surface area contributed by atoms with E-state index < -0.39 is 17.6 Å².